The normalized spacial score (nSPS) is 10.3. The van der Waals surface area contributed by atoms with Gasteiger partial charge in [0.1, 0.15) is 0 Å². The summed E-state index contributed by atoms with van der Waals surface area (Å²) in [6.45, 7) is 4.06. The third-order valence-electron chi connectivity index (χ3n) is 4.03. The van der Waals surface area contributed by atoms with Crippen molar-refractivity contribution in [1.29, 1.82) is 5.26 Å². The third kappa shape index (κ3) is 4.56. The monoisotopic (exact) mass is 437 g/mol. The standard InChI is InChI=1S/C20H20BrN7/c1-12-9-15(21)10-13(2)17(12)24-19-25-18(26-20(27-19)28(3)4)23-16-7-5-14(11-22)6-8-16/h5-10H,1-4H3,(H2,23,24,25,26,27). The Morgan fingerprint density at radius 2 is 1.50 bits per heavy atom. The lowest BCUT2D eigenvalue weighted by Gasteiger charge is -2.16. The number of hydrogen-bond donors (Lipinski definition) is 2. The van der Waals surface area contributed by atoms with E-state index in [2.05, 4.69) is 47.6 Å². The maximum atomic E-state index is 8.93. The Morgan fingerprint density at radius 1 is 0.929 bits per heavy atom. The summed E-state index contributed by atoms with van der Waals surface area (Å²) in [6.07, 6.45) is 0. The molecule has 0 radical (unpaired) electrons. The molecule has 0 aliphatic carbocycles. The van der Waals surface area contributed by atoms with E-state index in [9.17, 15) is 0 Å². The van der Waals surface area contributed by atoms with Crippen LogP contribution in [0.5, 0.6) is 0 Å². The molecule has 0 spiro atoms. The number of nitriles is 1. The van der Waals surface area contributed by atoms with E-state index in [0.717, 1.165) is 27.0 Å². The fraction of sp³-hybridized carbons (Fsp3) is 0.200. The van der Waals surface area contributed by atoms with Gasteiger partial charge in [-0.2, -0.15) is 20.2 Å². The van der Waals surface area contributed by atoms with E-state index >= 15 is 0 Å². The molecule has 28 heavy (non-hydrogen) atoms. The van der Waals surface area contributed by atoms with E-state index in [1.165, 1.54) is 0 Å². The van der Waals surface area contributed by atoms with E-state index in [-0.39, 0.29) is 0 Å². The zero-order valence-corrected chi connectivity index (χ0v) is 17.7. The van der Waals surface area contributed by atoms with Gasteiger partial charge in [-0.1, -0.05) is 15.9 Å². The minimum Gasteiger partial charge on any atom is -0.347 e. The molecule has 142 valence electrons. The van der Waals surface area contributed by atoms with Crippen molar-refractivity contribution >= 4 is 45.1 Å². The first-order chi connectivity index (χ1) is 13.4. The van der Waals surface area contributed by atoms with E-state index in [4.69, 9.17) is 5.26 Å². The predicted molar refractivity (Wildman–Crippen MR) is 115 cm³/mol. The van der Waals surface area contributed by atoms with Crippen molar-refractivity contribution in [2.24, 2.45) is 0 Å². The highest BCUT2D eigenvalue weighted by Crippen LogP contribution is 2.28. The number of anilines is 5. The van der Waals surface area contributed by atoms with Crippen LogP contribution in [0.25, 0.3) is 0 Å². The number of aryl methyl sites for hydroxylation is 2. The van der Waals surface area contributed by atoms with Crippen LogP contribution in [0.15, 0.2) is 40.9 Å². The van der Waals surface area contributed by atoms with Crippen molar-refractivity contribution < 1.29 is 0 Å². The molecule has 0 saturated heterocycles. The van der Waals surface area contributed by atoms with Gasteiger partial charge < -0.3 is 15.5 Å². The summed E-state index contributed by atoms with van der Waals surface area (Å²) in [5.41, 5.74) is 4.51. The second-order valence-corrected chi connectivity index (χ2v) is 7.45. The van der Waals surface area contributed by atoms with Crippen LogP contribution < -0.4 is 15.5 Å². The molecule has 0 aliphatic heterocycles. The maximum Gasteiger partial charge on any atom is 0.233 e. The SMILES string of the molecule is Cc1cc(Br)cc(C)c1Nc1nc(Nc2ccc(C#N)cc2)nc(N(C)C)n1. The molecule has 1 heterocycles. The molecule has 7 nitrogen and oxygen atoms in total. The van der Waals surface area contributed by atoms with Gasteiger partial charge >= 0.3 is 0 Å². The molecule has 0 saturated carbocycles. The lowest BCUT2D eigenvalue weighted by molar-refractivity contribution is 0.965. The fourth-order valence-electron chi connectivity index (χ4n) is 2.65. The number of halogens is 1. The first-order valence-corrected chi connectivity index (χ1v) is 9.39. The van der Waals surface area contributed by atoms with Crippen LogP contribution in [-0.2, 0) is 0 Å². The quantitative estimate of drug-likeness (QED) is 0.598. The van der Waals surface area contributed by atoms with E-state index in [0.29, 0.717) is 23.4 Å². The van der Waals surface area contributed by atoms with Gasteiger partial charge in [-0.15, -0.1) is 0 Å². The van der Waals surface area contributed by atoms with Crippen molar-refractivity contribution in [3.8, 4) is 6.07 Å². The highest BCUT2D eigenvalue weighted by molar-refractivity contribution is 9.10. The van der Waals surface area contributed by atoms with Gasteiger partial charge in [-0.25, -0.2) is 0 Å². The first-order valence-electron chi connectivity index (χ1n) is 8.60. The van der Waals surface area contributed by atoms with Gasteiger partial charge in [0.15, 0.2) is 0 Å². The third-order valence-corrected chi connectivity index (χ3v) is 4.49. The predicted octanol–water partition coefficient (Wildman–Crippen LogP) is 4.68. The van der Waals surface area contributed by atoms with Crippen LogP contribution in [0.4, 0.5) is 29.2 Å². The highest BCUT2D eigenvalue weighted by Gasteiger charge is 2.12. The molecule has 0 fully saturated rings. The van der Waals surface area contributed by atoms with Gasteiger partial charge in [-0.3, -0.25) is 0 Å². The largest absolute Gasteiger partial charge is 0.347 e. The summed E-state index contributed by atoms with van der Waals surface area (Å²) in [5.74, 6) is 1.39. The Balaban J connectivity index is 1.94. The Hall–Kier alpha value is -3.18. The second-order valence-electron chi connectivity index (χ2n) is 6.53. The number of benzene rings is 2. The van der Waals surface area contributed by atoms with Gasteiger partial charge in [0.2, 0.25) is 17.8 Å². The lowest BCUT2D eigenvalue weighted by Crippen LogP contribution is -2.16. The van der Waals surface area contributed by atoms with E-state index < -0.39 is 0 Å². The Kier molecular flexibility index (Phi) is 5.76. The molecule has 3 aromatic rings. The molecular formula is C20H20BrN7. The summed E-state index contributed by atoms with van der Waals surface area (Å²) in [5, 5.41) is 15.4. The smallest absolute Gasteiger partial charge is 0.233 e. The van der Waals surface area contributed by atoms with E-state index in [1.807, 2.05) is 57.1 Å². The van der Waals surface area contributed by atoms with Crippen LogP contribution >= 0.6 is 15.9 Å². The minimum absolute atomic E-state index is 0.415. The van der Waals surface area contributed by atoms with Gasteiger partial charge in [0.25, 0.3) is 0 Å². The van der Waals surface area contributed by atoms with Gasteiger partial charge in [-0.05, 0) is 61.4 Å². The van der Waals surface area contributed by atoms with Crippen LogP contribution in [0, 0.1) is 25.2 Å². The molecule has 3 rings (SSSR count). The number of aromatic nitrogens is 3. The Labute approximate surface area is 172 Å². The van der Waals surface area contributed by atoms with Gasteiger partial charge in [0.05, 0.1) is 11.6 Å². The Morgan fingerprint density at radius 3 is 2.04 bits per heavy atom. The zero-order chi connectivity index (χ0) is 20.3. The molecule has 0 aliphatic rings. The Bertz CT molecular complexity index is 1020. The number of nitrogens with zero attached hydrogens (tertiary/aromatic N) is 5. The summed E-state index contributed by atoms with van der Waals surface area (Å²) in [4.78, 5) is 15.3. The molecular weight excluding hydrogens is 418 g/mol. The first kappa shape index (κ1) is 19.6. The topological polar surface area (TPSA) is 89.8 Å². The van der Waals surface area contributed by atoms with Crippen molar-refractivity contribution in [3.63, 3.8) is 0 Å². The van der Waals surface area contributed by atoms with Crippen LogP contribution in [0.1, 0.15) is 16.7 Å². The molecule has 0 bridgehead atoms. The molecule has 0 atom stereocenters. The van der Waals surface area contributed by atoms with Crippen molar-refractivity contribution in [2.75, 3.05) is 29.6 Å². The minimum atomic E-state index is 0.415. The van der Waals surface area contributed by atoms with Crippen molar-refractivity contribution in [1.82, 2.24) is 15.0 Å². The fourth-order valence-corrected chi connectivity index (χ4v) is 3.34. The summed E-state index contributed by atoms with van der Waals surface area (Å²) in [7, 11) is 3.75. The summed E-state index contributed by atoms with van der Waals surface area (Å²) >= 11 is 3.52. The zero-order valence-electron chi connectivity index (χ0n) is 16.1. The van der Waals surface area contributed by atoms with Crippen LogP contribution in [-0.4, -0.2) is 29.0 Å². The second kappa shape index (κ2) is 8.23. The average Bonchev–Trinajstić information content (AvgIpc) is 2.65. The molecule has 0 amide bonds. The number of rotatable bonds is 5. The molecule has 0 unspecified atom stereocenters. The molecule has 2 aromatic carbocycles. The maximum absolute atomic E-state index is 8.93. The van der Waals surface area contributed by atoms with E-state index in [1.54, 1.807) is 12.1 Å². The average molecular weight is 438 g/mol. The molecule has 8 heteroatoms. The van der Waals surface area contributed by atoms with Crippen molar-refractivity contribution in [2.45, 2.75) is 13.8 Å². The molecule has 1 aromatic heterocycles. The number of hydrogen-bond acceptors (Lipinski definition) is 7. The van der Waals surface area contributed by atoms with Crippen LogP contribution in [0.2, 0.25) is 0 Å². The van der Waals surface area contributed by atoms with Gasteiger partial charge in [0, 0.05) is 29.9 Å². The number of nitrogens with one attached hydrogen (secondary N) is 2. The van der Waals surface area contributed by atoms with Crippen molar-refractivity contribution in [3.05, 3.63) is 57.6 Å². The lowest BCUT2D eigenvalue weighted by atomic mass is 10.1. The van der Waals surface area contributed by atoms with Crippen LogP contribution in [0.3, 0.4) is 0 Å². The molecule has 2 N–H and O–H groups in total. The summed E-state index contributed by atoms with van der Waals surface area (Å²) < 4.78 is 1.03. The summed E-state index contributed by atoms with van der Waals surface area (Å²) in [6, 6.07) is 13.3. The highest BCUT2D eigenvalue weighted by atomic mass is 79.9.